The summed E-state index contributed by atoms with van der Waals surface area (Å²) in [6.07, 6.45) is 5.65. The Labute approximate surface area is 276 Å². The molecule has 4 N–H and O–H groups in total. The maximum Gasteiger partial charge on any atom is 0.412 e. The highest BCUT2D eigenvalue weighted by atomic mass is 35.5. The van der Waals surface area contributed by atoms with Crippen LogP contribution < -0.4 is 15.5 Å². The number of H-pyrrole nitrogens is 1. The van der Waals surface area contributed by atoms with Gasteiger partial charge in [0.1, 0.15) is 17.2 Å². The minimum Gasteiger partial charge on any atom is -0.506 e. The summed E-state index contributed by atoms with van der Waals surface area (Å²) in [7, 11) is 4.76. The molecule has 47 heavy (non-hydrogen) atoms. The number of hydrogen-bond donors (Lipinski definition) is 4. The van der Waals surface area contributed by atoms with Gasteiger partial charge in [0.05, 0.1) is 35.1 Å². The number of phenols is 1. The van der Waals surface area contributed by atoms with E-state index in [4.69, 9.17) is 21.1 Å². The van der Waals surface area contributed by atoms with Crippen molar-refractivity contribution in [2.75, 3.05) is 35.1 Å². The molecule has 14 heteroatoms. The lowest BCUT2D eigenvalue weighted by Crippen LogP contribution is -2.28. The van der Waals surface area contributed by atoms with Gasteiger partial charge >= 0.3 is 12.1 Å². The van der Waals surface area contributed by atoms with Gasteiger partial charge in [0.2, 0.25) is 0 Å². The van der Waals surface area contributed by atoms with Gasteiger partial charge in [-0.1, -0.05) is 0 Å². The fourth-order valence-corrected chi connectivity index (χ4v) is 5.97. The molecular formula is C33H37ClN6O7. The third-order valence-electron chi connectivity index (χ3n) is 7.80. The highest BCUT2D eigenvalue weighted by Crippen LogP contribution is 2.47. The largest absolute Gasteiger partial charge is 0.506 e. The number of phenolic OH excluding ortho intramolecular Hbond substituents is 1. The number of carbonyl (C=O) groups is 4. The fraction of sp³-hybridized carbons (Fsp3) is 0.333. The van der Waals surface area contributed by atoms with Crippen LogP contribution in [0.15, 0.2) is 36.7 Å². The predicted molar refractivity (Wildman–Crippen MR) is 180 cm³/mol. The molecule has 0 aliphatic carbocycles. The minimum atomic E-state index is -0.654. The molecule has 0 unspecified atom stereocenters. The molecule has 5 rings (SSSR count). The molecular weight excluding hydrogens is 628 g/mol. The number of benzene rings is 1. The molecule has 0 radical (unpaired) electrons. The van der Waals surface area contributed by atoms with Crippen molar-refractivity contribution in [1.29, 1.82) is 0 Å². The number of methoxy groups -OCH3 is 1. The van der Waals surface area contributed by atoms with Crippen LogP contribution in [0, 0.1) is 6.92 Å². The number of ether oxygens (including phenoxy) is 2. The quantitative estimate of drug-likeness (QED) is 0.113. The molecule has 1 aliphatic heterocycles. The molecule has 13 nitrogen and oxygen atoms in total. The molecule has 0 fully saturated rings. The predicted octanol–water partition coefficient (Wildman–Crippen LogP) is 5.63. The Balaban J connectivity index is 1.34. The smallest absolute Gasteiger partial charge is 0.412 e. The summed E-state index contributed by atoms with van der Waals surface area (Å²) < 4.78 is 13.6. The van der Waals surface area contributed by atoms with Gasteiger partial charge in [0.15, 0.2) is 0 Å². The Bertz CT molecular complexity index is 1940. The standard InChI is InChI=1S/C33H37ClN6O7/c1-17-26(31(44)46-7)28-27-19(13-34)15-40(22(27)12-23(41)29(28)35-17)25(42)9-8-21-10-18(14-38(21)5)30(43)37-24-11-20(16-39(24)6)36-32(45)47-33(2,3)4/h8-12,14,16,19,35,41H,13,15H2,1-7H3,(H,36,45)(H,37,43)/b9-8+/t19-/m1/s1. The highest BCUT2D eigenvalue weighted by molar-refractivity contribution is 6.20. The lowest BCUT2D eigenvalue weighted by molar-refractivity contribution is -0.114. The van der Waals surface area contributed by atoms with Crippen molar-refractivity contribution in [2.45, 2.75) is 39.2 Å². The first-order valence-corrected chi connectivity index (χ1v) is 15.3. The number of aromatic hydroxyl groups is 1. The Kier molecular flexibility index (Phi) is 8.87. The molecule has 4 heterocycles. The first-order chi connectivity index (χ1) is 22.1. The van der Waals surface area contributed by atoms with E-state index in [-0.39, 0.29) is 35.6 Å². The number of halogens is 1. The van der Waals surface area contributed by atoms with Gasteiger partial charge < -0.3 is 38.9 Å². The fourth-order valence-electron chi connectivity index (χ4n) is 5.72. The zero-order chi connectivity index (χ0) is 34.4. The van der Waals surface area contributed by atoms with Crippen LogP contribution in [0.25, 0.3) is 17.0 Å². The number of anilines is 3. The van der Waals surface area contributed by atoms with E-state index in [0.717, 1.165) is 0 Å². The van der Waals surface area contributed by atoms with Crippen molar-refractivity contribution in [3.63, 3.8) is 0 Å². The van der Waals surface area contributed by atoms with Gasteiger partial charge in [0.25, 0.3) is 11.8 Å². The SMILES string of the molecule is COC(=O)c1c(C)[nH]c2c(O)cc3c(c12)[C@H](CCl)CN3C(=O)/C=C/c1cc(C(=O)Nc2cc(NC(=O)OC(C)(C)C)cn2C)cn1C. The van der Waals surface area contributed by atoms with Gasteiger partial charge in [0, 0.05) is 79.8 Å². The molecule has 1 aromatic carbocycles. The number of fused-ring (bicyclic) bond motifs is 3. The number of carbonyl (C=O) groups excluding carboxylic acids is 4. The van der Waals surface area contributed by atoms with Crippen molar-refractivity contribution in [3.05, 3.63) is 64.7 Å². The zero-order valence-corrected chi connectivity index (χ0v) is 27.9. The van der Waals surface area contributed by atoms with Crippen LogP contribution in [0.5, 0.6) is 5.75 Å². The number of rotatable bonds is 7. The second kappa shape index (κ2) is 12.6. The van der Waals surface area contributed by atoms with Crippen LogP contribution >= 0.6 is 11.6 Å². The molecule has 0 spiro atoms. The second-order valence-corrected chi connectivity index (χ2v) is 12.7. The number of alkyl halides is 1. The summed E-state index contributed by atoms with van der Waals surface area (Å²) >= 11 is 6.35. The van der Waals surface area contributed by atoms with Crippen molar-refractivity contribution < 1.29 is 33.8 Å². The monoisotopic (exact) mass is 664 g/mol. The van der Waals surface area contributed by atoms with Gasteiger partial charge in [-0.2, -0.15) is 0 Å². The van der Waals surface area contributed by atoms with Crippen LogP contribution in [0.2, 0.25) is 0 Å². The molecule has 248 valence electrons. The van der Waals surface area contributed by atoms with Crippen molar-refractivity contribution >= 4 is 69.6 Å². The first kappa shape index (κ1) is 33.2. The van der Waals surface area contributed by atoms with Crippen molar-refractivity contribution in [1.82, 2.24) is 14.1 Å². The van der Waals surface area contributed by atoms with Gasteiger partial charge in [-0.25, -0.2) is 9.59 Å². The third kappa shape index (κ3) is 6.57. The van der Waals surface area contributed by atoms with Crippen LogP contribution in [-0.2, 0) is 28.4 Å². The van der Waals surface area contributed by atoms with E-state index in [2.05, 4.69) is 15.6 Å². The average Bonchev–Trinajstić information content (AvgIpc) is 3.73. The summed E-state index contributed by atoms with van der Waals surface area (Å²) in [6, 6.07) is 4.75. The average molecular weight is 665 g/mol. The molecule has 0 saturated carbocycles. The summed E-state index contributed by atoms with van der Waals surface area (Å²) in [5.41, 5.74) is 3.06. The molecule has 0 bridgehead atoms. The Morgan fingerprint density at radius 1 is 1.11 bits per heavy atom. The zero-order valence-electron chi connectivity index (χ0n) is 27.1. The van der Waals surface area contributed by atoms with Crippen molar-refractivity contribution in [2.24, 2.45) is 14.1 Å². The minimum absolute atomic E-state index is 0.113. The molecule has 4 aromatic rings. The molecule has 3 amide bonds. The Morgan fingerprint density at radius 2 is 1.83 bits per heavy atom. The summed E-state index contributed by atoms with van der Waals surface area (Å²) in [6.45, 7) is 7.25. The topological polar surface area (TPSA) is 160 Å². The third-order valence-corrected chi connectivity index (χ3v) is 8.17. The molecule has 1 aliphatic rings. The lowest BCUT2D eigenvalue weighted by atomic mass is 9.95. The number of nitrogens with zero attached hydrogens (tertiary/aromatic N) is 3. The van der Waals surface area contributed by atoms with E-state index in [0.29, 0.717) is 50.6 Å². The van der Waals surface area contributed by atoms with Gasteiger partial charge in [-0.3, -0.25) is 14.9 Å². The molecule has 1 atom stereocenters. The molecule has 3 aromatic heterocycles. The first-order valence-electron chi connectivity index (χ1n) is 14.8. The Morgan fingerprint density at radius 3 is 2.49 bits per heavy atom. The van der Waals surface area contributed by atoms with E-state index in [1.54, 1.807) is 81.5 Å². The number of hydrogen-bond acceptors (Lipinski definition) is 7. The summed E-state index contributed by atoms with van der Waals surface area (Å²) in [5, 5.41) is 16.8. The Hall–Kier alpha value is -5.17. The number of aromatic amines is 1. The number of nitrogens with one attached hydrogen (secondary N) is 3. The van der Waals surface area contributed by atoms with Crippen LogP contribution in [0.4, 0.5) is 22.0 Å². The van der Waals surface area contributed by atoms with Crippen LogP contribution in [0.3, 0.4) is 0 Å². The van der Waals surface area contributed by atoms with E-state index < -0.39 is 23.6 Å². The van der Waals surface area contributed by atoms with Crippen LogP contribution in [0.1, 0.15) is 64.4 Å². The van der Waals surface area contributed by atoms with E-state index in [1.165, 1.54) is 24.2 Å². The van der Waals surface area contributed by atoms with Crippen LogP contribution in [-0.4, -0.2) is 68.2 Å². The second-order valence-electron chi connectivity index (χ2n) is 12.4. The van der Waals surface area contributed by atoms with E-state index >= 15 is 0 Å². The summed E-state index contributed by atoms with van der Waals surface area (Å²) in [4.78, 5) is 56.0. The number of aryl methyl sites for hydroxylation is 3. The summed E-state index contributed by atoms with van der Waals surface area (Å²) in [5.74, 6) is -1.10. The lowest BCUT2D eigenvalue weighted by Gasteiger charge is -2.19. The number of aromatic nitrogens is 3. The van der Waals surface area contributed by atoms with E-state index in [9.17, 15) is 24.3 Å². The highest BCUT2D eigenvalue weighted by Gasteiger charge is 2.36. The molecule has 0 saturated heterocycles. The number of amides is 3. The maximum atomic E-state index is 13.5. The van der Waals surface area contributed by atoms with Crippen molar-refractivity contribution in [3.8, 4) is 5.75 Å². The number of esters is 1. The van der Waals surface area contributed by atoms with Gasteiger partial charge in [-0.05, 0) is 45.4 Å². The van der Waals surface area contributed by atoms with Gasteiger partial charge in [-0.15, -0.1) is 11.6 Å². The maximum absolute atomic E-state index is 13.5. The van der Waals surface area contributed by atoms with E-state index in [1.807, 2.05) is 0 Å². The normalized spacial score (nSPS) is 14.5.